The molecule has 0 aliphatic heterocycles. The van der Waals surface area contributed by atoms with Crippen molar-refractivity contribution >= 4 is 11.6 Å². The van der Waals surface area contributed by atoms with E-state index < -0.39 is 0 Å². The van der Waals surface area contributed by atoms with Crippen LogP contribution in [0.25, 0.3) is 5.65 Å². The van der Waals surface area contributed by atoms with E-state index in [0.29, 0.717) is 31.1 Å². The summed E-state index contributed by atoms with van der Waals surface area (Å²) in [6, 6.07) is 9.23. The van der Waals surface area contributed by atoms with Gasteiger partial charge in [-0.2, -0.15) is 0 Å². The second-order valence-electron chi connectivity index (χ2n) is 4.90. The van der Waals surface area contributed by atoms with E-state index in [1.165, 1.54) is 0 Å². The summed E-state index contributed by atoms with van der Waals surface area (Å²) >= 11 is 0. The van der Waals surface area contributed by atoms with E-state index in [0.717, 1.165) is 11.3 Å². The number of carbonyl (C=O) groups is 1. The van der Waals surface area contributed by atoms with E-state index in [4.69, 9.17) is 9.15 Å². The zero-order valence-electron chi connectivity index (χ0n) is 12.3. The van der Waals surface area contributed by atoms with Gasteiger partial charge in [-0.1, -0.05) is 6.07 Å². The second kappa shape index (κ2) is 6.44. The van der Waals surface area contributed by atoms with Crippen molar-refractivity contribution in [2.24, 2.45) is 0 Å². The first kappa shape index (κ1) is 14.3. The summed E-state index contributed by atoms with van der Waals surface area (Å²) in [7, 11) is 1.58. The number of hydrogen-bond donors (Lipinski definition) is 1. The maximum Gasteiger partial charge on any atom is 0.287 e. The highest BCUT2D eigenvalue weighted by Gasteiger charge is 2.11. The Hall–Kier alpha value is -2.60. The fourth-order valence-corrected chi connectivity index (χ4v) is 2.22. The van der Waals surface area contributed by atoms with Crippen LogP contribution in [0, 0.1) is 0 Å². The number of furan rings is 1. The van der Waals surface area contributed by atoms with Crippen LogP contribution in [0.15, 0.2) is 47.1 Å². The summed E-state index contributed by atoms with van der Waals surface area (Å²) in [6.07, 6.45) is 4.58. The van der Waals surface area contributed by atoms with Gasteiger partial charge in [0.1, 0.15) is 18.0 Å². The molecule has 114 valence electrons. The Morgan fingerprint density at radius 3 is 3.09 bits per heavy atom. The lowest BCUT2D eigenvalue weighted by atomic mass is 10.3. The maximum absolute atomic E-state index is 12.0. The van der Waals surface area contributed by atoms with Gasteiger partial charge < -0.3 is 18.9 Å². The molecule has 3 aromatic rings. The Morgan fingerprint density at radius 1 is 1.36 bits per heavy atom. The van der Waals surface area contributed by atoms with Gasteiger partial charge in [0.05, 0.1) is 5.69 Å². The topological polar surface area (TPSA) is 68.8 Å². The zero-order chi connectivity index (χ0) is 15.4. The highest BCUT2D eigenvalue weighted by atomic mass is 16.5. The van der Waals surface area contributed by atoms with Crippen molar-refractivity contribution in [3.63, 3.8) is 0 Å². The minimum Gasteiger partial charge on any atom is -0.453 e. The molecule has 0 unspecified atom stereocenters. The smallest absolute Gasteiger partial charge is 0.287 e. The molecule has 0 bridgehead atoms. The van der Waals surface area contributed by atoms with Crippen molar-refractivity contribution in [1.29, 1.82) is 0 Å². The molecular formula is C16H17N3O3. The molecule has 3 rings (SSSR count). The van der Waals surface area contributed by atoms with Crippen LogP contribution in [-0.2, 0) is 17.8 Å². The average Bonchev–Trinajstić information content (AvgIpc) is 3.13. The van der Waals surface area contributed by atoms with Crippen molar-refractivity contribution in [1.82, 2.24) is 14.7 Å². The summed E-state index contributed by atoms with van der Waals surface area (Å²) in [5.41, 5.74) is 1.84. The van der Waals surface area contributed by atoms with Crippen molar-refractivity contribution in [2.75, 3.05) is 13.7 Å². The molecule has 1 amide bonds. The largest absolute Gasteiger partial charge is 0.453 e. The number of fused-ring (bicyclic) bond motifs is 1. The van der Waals surface area contributed by atoms with Crippen LogP contribution in [0.5, 0.6) is 0 Å². The number of aromatic nitrogens is 2. The SMILES string of the molecule is COCc1ccc(C(=O)NCCc2cn3ccccc3n2)o1. The molecule has 0 fully saturated rings. The molecule has 3 aromatic heterocycles. The Kier molecular flexibility index (Phi) is 4.20. The maximum atomic E-state index is 12.0. The van der Waals surface area contributed by atoms with Crippen molar-refractivity contribution < 1.29 is 13.9 Å². The highest BCUT2D eigenvalue weighted by molar-refractivity contribution is 5.91. The van der Waals surface area contributed by atoms with Gasteiger partial charge in [0.25, 0.3) is 5.91 Å². The molecule has 0 spiro atoms. The van der Waals surface area contributed by atoms with Crippen molar-refractivity contribution in [3.8, 4) is 0 Å². The number of rotatable bonds is 6. The molecule has 1 N–H and O–H groups in total. The van der Waals surface area contributed by atoms with Gasteiger partial charge in [0.2, 0.25) is 0 Å². The normalized spacial score (nSPS) is 11.0. The van der Waals surface area contributed by atoms with E-state index >= 15 is 0 Å². The van der Waals surface area contributed by atoms with E-state index in [1.54, 1.807) is 19.2 Å². The molecular weight excluding hydrogens is 282 g/mol. The first-order valence-electron chi connectivity index (χ1n) is 7.05. The first-order chi connectivity index (χ1) is 10.8. The van der Waals surface area contributed by atoms with Crippen LogP contribution in [-0.4, -0.2) is 28.9 Å². The van der Waals surface area contributed by atoms with Crippen LogP contribution in [0.4, 0.5) is 0 Å². The molecule has 0 saturated carbocycles. The van der Waals surface area contributed by atoms with Gasteiger partial charge in [-0.3, -0.25) is 4.79 Å². The number of ether oxygens (including phenoxy) is 1. The number of imidazole rings is 1. The van der Waals surface area contributed by atoms with Crippen LogP contribution >= 0.6 is 0 Å². The van der Waals surface area contributed by atoms with Gasteiger partial charge in [-0.05, 0) is 24.3 Å². The fraction of sp³-hybridized carbons (Fsp3) is 0.250. The lowest BCUT2D eigenvalue weighted by Crippen LogP contribution is -2.25. The number of methoxy groups -OCH3 is 1. The predicted molar refractivity (Wildman–Crippen MR) is 80.7 cm³/mol. The fourth-order valence-electron chi connectivity index (χ4n) is 2.22. The van der Waals surface area contributed by atoms with Gasteiger partial charge in [-0.25, -0.2) is 4.98 Å². The van der Waals surface area contributed by atoms with Crippen LogP contribution in [0.1, 0.15) is 22.0 Å². The lowest BCUT2D eigenvalue weighted by molar-refractivity contribution is 0.0917. The molecule has 0 aliphatic carbocycles. The van der Waals surface area contributed by atoms with Crippen LogP contribution in [0.3, 0.4) is 0 Å². The average molecular weight is 299 g/mol. The molecule has 6 heteroatoms. The van der Waals surface area contributed by atoms with Gasteiger partial charge in [0.15, 0.2) is 5.76 Å². The van der Waals surface area contributed by atoms with Gasteiger partial charge in [0, 0.05) is 32.5 Å². The third-order valence-electron chi connectivity index (χ3n) is 3.25. The minimum absolute atomic E-state index is 0.230. The summed E-state index contributed by atoms with van der Waals surface area (Å²) < 4.78 is 12.3. The number of hydrogen-bond acceptors (Lipinski definition) is 4. The Bertz CT molecular complexity index is 743. The first-order valence-corrected chi connectivity index (χ1v) is 7.05. The molecule has 3 heterocycles. The minimum atomic E-state index is -0.230. The Balaban J connectivity index is 1.54. The standard InChI is InChI=1S/C16H17N3O3/c1-21-11-13-5-6-14(22-13)16(20)17-8-7-12-10-19-9-3-2-4-15(19)18-12/h2-6,9-10H,7-8,11H2,1H3,(H,17,20). The van der Waals surface area contributed by atoms with Crippen LogP contribution < -0.4 is 5.32 Å². The van der Waals surface area contributed by atoms with Crippen molar-refractivity contribution in [2.45, 2.75) is 13.0 Å². The summed E-state index contributed by atoms with van der Waals surface area (Å²) in [6.45, 7) is 0.859. The van der Waals surface area contributed by atoms with E-state index in [2.05, 4.69) is 10.3 Å². The number of amides is 1. The van der Waals surface area contributed by atoms with Crippen molar-refractivity contribution in [3.05, 3.63) is 59.9 Å². The molecule has 0 radical (unpaired) electrons. The predicted octanol–water partition coefficient (Wildman–Crippen LogP) is 2.05. The van der Waals surface area contributed by atoms with E-state index in [9.17, 15) is 4.79 Å². The lowest BCUT2D eigenvalue weighted by Gasteiger charge is -2.01. The molecule has 0 aromatic carbocycles. The summed E-state index contributed by atoms with van der Waals surface area (Å²) in [5.74, 6) is 0.696. The highest BCUT2D eigenvalue weighted by Crippen LogP contribution is 2.09. The number of carbonyl (C=O) groups excluding carboxylic acids is 1. The number of nitrogens with zero attached hydrogens (tertiary/aromatic N) is 2. The van der Waals surface area contributed by atoms with Gasteiger partial charge >= 0.3 is 0 Å². The van der Waals surface area contributed by atoms with E-state index in [-0.39, 0.29) is 5.91 Å². The number of pyridine rings is 1. The summed E-state index contributed by atoms with van der Waals surface area (Å²) in [5, 5.41) is 2.82. The Morgan fingerprint density at radius 2 is 2.27 bits per heavy atom. The molecule has 6 nitrogen and oxygen atoms in total. The molecule has 22 heavy (non-hydrogen) atoms. The quantitative estimate of drug-likeness (QED) is 0.756. The van der Waals surface area contributed by atoms with Crippen LogP contribution in [0.2, 0.25) is 0 Å². The molecule has 0 saturated heterocycles. The second-order valence-corrected chi connectivity index (χ2v) is 4.90. The number of nitrogens with one attached hydrogen (secondary N) is 1. The molecule has 0 aliphatic rings. The summed E-state index contributed by atoms with van der Waals surface area (Å²) in [4.78, 5) is 16.4. The van der Waals surface area contributed by atoms with Gasteiger partial charge in [-0.15, -0.1) is 0 Å². The molecule has 0 atom stereocenters. The third kappa shape index (κ3) is 3.17. The Labute approximate surface area is 127 Å². The zero-order valence-corrected chi connectivity index (χ0v) is 12.3. The monoisotopic (exact) mass is 299 g/mol. The third-order valence-corrected chi connectivity index (χ3v) is 3.25. The van der Waals surface area contributed by atoms with E-state index in [1.807, 2.05) is 35.0 Å².